The van der Waals surface area contributed by atoms with Crippen molar-refractivity contribution in [1.29, 1.82) is 0 Å². The quantitative estimate of drug-likeness (QED) is 0.742. The molecule has 7 nitrogen and oxygen atoms in total. The standard InChI is InChI=1S/C9H15N3O4S2/c1-12(2)8(13)6(5-18(3,15)16)10-7-4-17-9(14)11-7/h6H,4-5H2,1-3H3,(H,10,11,14)/t6-/m0/s1. The van der Waals surface area contributed by atoms with Crippen LogP contribution >= 0.6 is 11.8 Å². The second kappa shape index (κ2) is 5.70. The van der Waals surface area contributed by atoms with Crippen LogP contribution in [0.1, 0.15) is 0 Å². The fourth-order valence-corrected chi connectivity index (χ4v) is 2.73. The van der Waals surface area contributed by atoms with E-state index in [0.717, 1.165) is 18.0 Å². The van der Waals surface area contributed by atoms with Gasteiger partial charge < -0.3 is 10.2 Å². The van der Waals surface area contributed by atoms with Crippen LogP contribution in [-0.4, -0.2) is 68.2 Å². The second-order valence-corrected chi connectivity index (χ2v) is 7.25. The molecule has 0 aliphatic carbocycles. The molecule has 102 valence electrons. The molecule has 0 aromatic heterocycles. The summed E-state index contributed by atoms with van der Waals surface area (Å²) < 4.78 is 22.5. The maximum Gasteiger partial charge on any atom is 0.284 e. The van der Waals surface area contributed by atoms with Crippen molar-refractivity contribution >= 4 is 38.6 Å². The molecule has 1 aliphatic rings. The van der Waals surface area contributed by atoms with Crippen LogP contribution in [0.25, 0.3) is 0 Å². The van der Waals surface area contributed by atoms with E-state index in [1.807, 2.05) is 0 Å². The van der Waals surface area contributed by atoms with Crippen molar-refractivity contribution in [2.75, 3.05) is 31.9 Å². The zero-order valence-corrected chi connectivity index (χ0v) is 12.0. The normalized spacial score (nSPS) is 19.7. The topological polar surface area (TPSA) is 95.9 Å². The molecular weight excluding hydrogens is 278 g/mol. The van der Waals surface area contributed by atoms with Crippen molar-refractivity contribution in [2.45, 2.75) is 6.04 Å². The summed E-state index contributed by atoms with van der Waals surface area (Å²) in [6, 6.07) is -1.01. The van der Waals surface area contributed by atoms with Crippen LogP contribution in [0.2, 0.25) is 0 Å². The fraction of sp³-hybridized carbons (Fsp3) is 0.667. The number of aliphatic imine (C=N–C) groups is 1. The molecule has 0 spiro atoms. The van der Waals surface area contributed by atoms with Crippen molar-refractivity contribution < 1.29 is 18.0 Å². The van der Waals surface area contributed by atoms with Crippen molar-refractivity contribution in [3.63, 3.8) is 0 Å². The van der Waals surface area contributed by atoms with E-state index in [2.05, 4.69) is 10.3 Å². The molecule has 0 saturated carbocycles. The summed E-state index contributed by atoms with van der Waals surface area (Å²) >= 11 is 1.03. The molecule has 1 N–H and O–H groups in total. The Balaban J connectivity index is 2.91. The molecule has 1 atom stereocenters. The Morgan fingerprint density at radius 1 is 1.56 bits per heavy atom. The molecule has 0 aromatic carbocycles. The Morgan fingerprint density at radius 2 is 2.17 bits per heavy atom. The maximum absolute atomic E-state index is 11.8. The number of thioether (sulfide) groups is 1. The summed E-state index contributed by atoms with van der Waals surface area (Å²) in [7, 11) is -0.276. The van der Waals surface area contributed by atoms with Gasteiger partial charge in [0.2, 0.25) is 5.91 Å². The average Bonchev–Trinajstić information content (AvgIpc) is 2.59. The molecule has 18 heavy (non-hydrogen) atoms. The van der Waals surface area contributed by atoms with Crippen LogP contribution in [0.4, 0.5) is 4.79 Å². The number of carbonyl (C=O) groups excluding carboxylic acids is 2. The highest BCUT2D eigenvalue weighted by Crippen LogP contribution is 2.11. The number of amidine groups is 1. The molecule has 0 bridgehead atoms. The number of nitrogens with zero attached hydrogens (tertiary/aromatic N) is 2. The van der Waals surface area contributed by atoms with Gasteiger partial charge in [0.15, 0.2) is 0 Å². The van der Waals surface area contributed by atoms with Gasteiger partial charge >= 0.3 is 0 Å². The van der Waals surface area contributed by atoms with Crippen LogP contribution in [0, 0.1) is 0 Å². The lowest BCUT2D eigenvalue weighted by molar-refractivity contribution is -0.129. The molecule has 1 saturated heterocycles. The summed E-state index contributed by atoms with van der Waals surface area (Å²) in [5, 5.41) is 2.23. The molecule has 9 heteroatoms. The fourth-order valence-electron chi connectivity index (χ4n) is 1.33. The number of carbonyl (C=O) groups is 2. The predicted molar refractivity (Wildman–Crippen MR) is 70.6 cm³/mol. The highest BCUT2D eigenvalue weighted by atomic mass is 32.2. The second-order valence-electron chi connectivity index (χ2n) is 4.12. The number of hydrogen-bond acceptors (Lipinski definition) is 6. The van der Waals surface area contributed by atoms with Crippen LogP contribution in [0.15, 0.2) is 4.99 Å². The lowest BCUT2D eigenvalue weighted by atomic mass is 10.3. The zero-order chi connectivity index (χ0) is 13.9. The van der Waals surface area contributed by atoms with Gasteiger partial charge in [-0.15, -0.1) is 0 Å². The number of likely N-dealkylation sites (N-methyl/N-ethyl adjacent to an activating group) is 1. The van der Waals surface area contributed by atoms with Gasteiger partial charge in [0.1, 0.15) is 21.7 Å². The molecule has 0 aromatic rings. The Bertz CT molecular complexity index is 484. The summed E-state index contributed by atoms with van der Waals surface area (Å²) in [6.07, 6.45) is 1.05. The SMILES string of the molecule is CN(C)C(=O)[C@H](CS(C)(=O)=O)N=C1CSC(=O)N1. The smallest absolute Gasteiger partial charge is 0.284 e. The van der Waals surface area contributed by atoms with Crippen molar-refractivity contribution in [3.05, 3.63) is 0 Å². The first-order valence-corrected chi connectivity index (χ1v) is 8.13. The Morgan fingerprint density at radius 3 is 2.56 bits per heavy atom. The average molecular weight is 293 g/mol. The van der Waals surface area contributed by atoms with Gasteiger partial charge in [-0.2, -0.15) is 0 Å². The van der Waals surface area contributed by atoms with Crippen molar-refractivity contribution in [1.82, 2.24) is 10.2 Å². The number of rotatable bonds is 4. The lowest BCUT2D eigenvalue weighted by Crippen LogP contribution is -2.38. The van der Waals surface area contributed by atoms with E-state index in [0.29, 0.717) is 11.6 Å². The Labute approximate surface area is 110 Å². The van der Waals surface area contributed by atoms with E-state index in [9.17, 15) is 18.0 Å². The molecule has 1 aliphatic heterocycles. The van der Waals surface area contributed by atoms with Gasteiger partial charge in [-0.25, -0.2) is 8.42 Å². The Kier molecular flexibility index (Phi) is 4.74. The van der Waals surface area contributed by atoms with Gasteiger partial charge in [0.05, 0.1) is 11.5 Å². The van der Waals surface area contributed by atoms with Crippen LogP contribution < -0.4 is 5.32 Å². The number of sulfone groups is 1. The first-order chi connectivity index (χ1) is 8.19. The highest BCUT2D eigenvalue weighted by molar-refractivity contribution is 8.14. The predicted octanol–water partition coefficient (Wildman–Crippen LogP) is -0.657. The highest BCUT2D eigenvalue weighted by Gasteiger charge is 2.26. The molecule has 2 amide bonds. The minimum Gasteiger partial charge on any atom is -0.347 e. The van der Waals surface area contributed by atoms with E-state index in [-0.39, 0.29) is 11.0 Å². The first kappa shape index (κ1) is 15.0. The monoisotopic (exact) mass is 293 g/mol. The van der Waals surface area contributed by atoms with E-state index < -0.39 is 21.8 Å². The Hall–Kier alpha value is -1.09. The van der Waals surface area contributed by atoms with E-state index >= 15 is 0 Å². The van der Waals surface area contributed by atoms with Gasteiger partial charge in [-0.05, 0) is 0 Å². The zero-order valence-electron chi connectivity index (χ0n) is 10.3. The van der Waals surface area contributed by atoms with Crippen molar-refractivity contribution in [2.24, 2.45) is 4.99 Å². The number of hydrogen-bond donors (Lipinski definition) is 1. The van der Waals surface area contributed by atoms with Crippen LogP contribution in [0.3, 0.4) is 0 Å². The molecule has 1 fully saturated rings. The third-order valence-corrected chi connectivity index (χ3v) is 3.79. The molecular formula is C9H15N3O4S2. The summed E-state index contributed by atoms with van der Waals surface area (Å²) in [6.45, 7) is 0. The summed E-state index contributed by atoms with van der Waals surface area (Å²) in [5.74, 6) is -0.0960. The van der Waals surface area contributed by atoms with Crippen LogP contribution in [-0.2, 0) is 14.6 Å². The minimum absolute atomic E-state index is 0.246. The minimum atomic E-state index is -3.33. The van der Waals surface area contributed by atoms with Gasteiger partial charge in [-0.3, -0.25) is 14.6 Å². The third-order valence-electron chi connectivity index (χ3n) is 2.08. The molecule has 1 heterocycles. The molecule has 0 unspecified atom stereocenters. The third kappa shape index (κ3) is 4.65. The van der Waals surface area contributed by atoms with E-state index in [1.54, 1.807) is 0 Å². The lowest BCUT2D eigenvalue weighted by Gasteiger charge is -2.17. The number of nitrogens with one attached hydrogen (secondary N) is 1. The van der Waals surface area contributed by atoms with Crippen molar-refractivity contribution in [3.8, 4) is 0 Å². The van der Waals surface area contributed by atoms with E-state index in [1.165, 1.54) is 19.0 Å². The molecule has 1 rings (SSSR count). The summed E-state index contributed by atoms with van der Waals surface area (Å²) in [5.41, 5.74) is 0. The van der Waals surface area contributed by atoms with E-state index in [4.69, 9.17) is 0 Å². The van der Waals surface area contributed by atoms with Crippen LogP contribution in [0.5, 0.6) is 0 Å². The summed E-state index contributed by atoms with van der Waals surface area (Å²) in [4.78, 5) is 28.1. The van der Waals surface area contributed by atoms with Gasteiger partial charge in [0, 0.05) is 20.4 Å². The number of amides is 2. The van der Waals surface area contributed by atoms with Gasteiger partial charge in [0.25, 0.3) is 5.24 Å². The maximum atomic E-state index is 11.8. The molecule has 0 radical (unpaired) electrons. The first-order valence-electron chi connectivity index (χ1n) is 5.08. The largest absolute Gasteiger partial charge is 0.347 e. The van der Waals surface area contributed by atoms with Gasteiger partial charge in [-0.1, -0.05) is 11.8 Å².